The summed E-state index contributed by atoms with van der Waals surface area (Å²) in [5.41, 5.74) is 7.17. The Balaban J connectivity index is 2.55. The van der Waals surface area contributed by atoms with Crippen molar-refractivity contribution in [2.75, 3.05) is 0 Å². The van der Waals surface area contributed by atoms with Gasteiger partial charge in [0.15, 0.2) is 0 Å². The maximum absolute atomic E-state index is 9.37. The largest absolute Gasteiger partial charge is 0.475 e. The molecule has 0 aliphatic carbocycles. The summed E-state index contributed by atoms with van der Waals surface area (Å²) in [6.07, 6.45) is 1.25. The fraction of sp³-hybridized carbons (Fsp3) is 0.500. The monoisotopic (exact) mass is 294 g/mol. The second-order valence-corrected chi connectivity index (χ2v) is 5.89. The van der Waals surface area contributed by atoms with Crippen molar-refractivity contribution in [3.8, 4) is 0 Å². The van der Waals surface area contributed by atoms with Gasteiger partial charge in [0.2, 0.25) is 0 Å². The maximum Gasteiger partial charge on any atom is 0.475 e. The molecule has 0 bridgehead atoms. The lowest BCUT2D eigenvalue weighted by atomic mass is 9.75. The quantitative estimate of drug-likeness (QED) is 0.444. The van der Waals surface area contributed by atoms with E-state index in [9.17, 15) is 10.0 Å². The highest BCUT2D eigenvalue weighted by Crippen LogP contribution is 2.08. The molecule has 0 spiro atoms. The minimum absolute atomic E-state index is 0.333. The van der Waals surface area contributed by atoms with Crippen molar-refractivity contribution < 1.29 is 10.0 Å². The average Bonchev–Trinajstić information content (AvgIpc) is 2.38. The van der Waals surface area contributed by atoms with Gasteiger partial charge in [-0.2, -0.15) is 0 Å². The molecule has 0 heterocycles. The van der Waals surface area contributed by atoms with Crippen molar-refractivity contribution in [1.82, 2.24) is 5.32 Å². The van der Waals surface area contributed by atoms with E-state index in [1.54, 1.807) is 0 Å². The first-order chi connectivity index (χ1) is 9.40. The summed E-state index contributed by atoms with van der Waals surface area (Å²) in [5, 5.41) is 21.7. The van der Waals surface area contributed by atoms with E-state index >= 15 is 0 Å². The van der Waals surface area contributed by atoms with Gasteiger partial charge in [-0.05, 0) is 24.3 Å². The lowest BCUT2D eigenvalue weighted by Gasteiger charge is -2.24. The van der Waals surface area contributed by atoms with Crippen LogP contribution in [-0.4, -0.2) is 34.1 Å². The van der Waals surface area contributed by atoms with Gasteiger partial charge in [0.25, 0.3) is 0 Å². The van der Waals surface area contributed by atoms with Crippen LogP contribution in [-0.2, 0) is 6.42 Å². The van der Waals surface area contributed by atoms with Crippen LogP contribution in [0.2, 0.25) is 0 Å². The van der Waals surface area contributed by atoms with E-state index in [0.29, 0.717) is 23.7 Å². The predicted octanol–water partition coefficient (Wildman–Crippen LogP) is 0.900. The number of rotatable bonds is 7. The fourth-order valence-corrected chi connectivity index (χ4v) is 2.25. The molecular formula is C14H23BN2O2S. The van der Waals surface area contributed by atoms with Crippen LogP contribution >= 0.6 is 12.2 Å². The Morgan fingerprint density at radius 3 is 2.40 bits per heavy atom. The van der Waals surface area contributed by atoms with Crippen LogP contribution in [0, 0.1) is 5.92 Å². The minimum Gasteiger partial charge on any atom is -0.426 e. The highest BCUT2D eigenvalue weighted by atomic mass is 32.1. The molecule has 1 aromatic rings. The fourth-order valence-electron chi connectivity index (χ4n) is 2.01. The highest BCUT2D eigenvalue weighted by molar-refractivity contribution is 7.80. The molecule has 0 aliphatic rings. The molecule has 0 fully saturated rings. The van der Waals surface area contributed by atoms with Gasteiger partial charge in [-0.25, -0.2) is 0 Å². The van der Waals surface area contributed by atoms with Crippen LogP contribution in [0.15, 0.2) is 30.3 Å². The molecule has 4 nitrogen and oxygen atoms in total. The molecule has 20 heavy (non-hydrogen) atoms. The Morgan fingerprint density at radius 2 is 1.90 bits per heavy atom. The van der Waals surface area contributed by atoms with E-state index in [-0.39, 0.29) is 6.04 Å². The van der Waals surface area contributed by atoms with Crippen LogP contribution in [0.5, 0.6) is 0 Å². The zero-order valence-corrected chi connectivity index (χ0v) is 12.8. The van der Waals surface area contributed by atoms with E-state index in [0.717, 1.165) is 5.56 Å². The lowest BCUT2D eigenvalue weighted by molar-refractivity contribution is 0.362. The predicted molar refractivity (Wildman–Crippen MR) is 87.3 cm³/mol. The first-order valence-electron chi connectivity index (χ1n) is 6.86. The summed E-state index contributed by atoms with van der Waals surface area (Å²) < 4.78 is 0. The summed E-state index contributed by atoms with van der Waals surface area (Å²) in [6.45, 7) is 4.04. The third-order valence-electron chi connectivity index (χ3n) is 3.05. The van der Waals surface area contributed by atoms with Gasteiger partial charge >= 0.3 is 7.12 Å². The van der Waals surface area contributed by atoms with Gasteiger partial charge in [-0.15, -0.1) is 0 Å². The third kappa shape index (κ3) is 6.01. The second kappa shape index (κ2) is 8.37. The van der Waals surface area contributed by atoms with Gasteiger partial charge in [-0.3, -0.25) is 0 Å². The molecule has 0 aromatic heterocycles. The smallest absolute Gasteiger partial charge is 0.426 e. The first-order valence-corrected chi connectivity index (χ1v) is 7.27. The van der Waals surface area contributed by atoms with Crippen molar-refractivity contribution in [3.63, 3.8) is 0 Å². The van der Waals surface area contributed by atoms with Crippen molar-refractivity contribution in [2.45, 2.75) is 38.7 Å². The summed E-state index contributed by atoms with van der Waals surface area (Å²) in [5.74, 6) is -0.147. The molecule has 0 aliphatic heterocycles. The molecule has 5 N–H and O–H groups in total. The molecular weight excluding hydrogens is 271 g/mol. The molecule has 0 radical (unpaired) electrons. The van der Waals surface area contributed by atoms with Crippen molar-refractivity contribution in [2.24, 2.45) is 11.7 Å². The topological polar surface area (TPSA) is 78.5 Å². The number of nitrogens with one attached hydrogen (secondary N) is 1. The third-order valence-corrected chi connectivity index (χ3v) is 3.47. The summed E-state index contributed by atoms with van der Waals surface area (Å²) in [4.78, 5) is 0.465. The molecule has 6 heteroatoms. The molecule has 2 atom stereocenters. The normalized spacial score (nSPS) is 13.9. The van der Waals surface area contributed by atoms with Gasteiger partial charge in [0.1, 0.15) is 0 Å². The van der Waals surface area contributed by atoms with Crippen molar-refractivity contribution in [3.05, 3.63) is 35.9 Å². The minimum atomic E-state index is -1.45. The Hall–Kier alpha value is -0.945. The molecule has 110 valence electrons. The van der Waals surface area contributed by atoms with Crippen molar-refractivity contribution in [1.29, 1.82) is 0 Å². The average molecular weight is 294 g/mol. The van der Waals surface area contributed by atoms with Crippen LogP contribution in [0.4, 0.5) is 0 Å². The van der Waals surface area contributed by atoms with Gasteiger partial charge < -0.3 is 21.1 Å². The lowest BCUT2D eigenvalue weighted by Crippen LogP contribution is -2.52. The van der Waals surface area contributed by atoms with E-state index in [1.165, 1.54) is 0 Å². The van der Waals surface area contributed by atoms with Crippen LogP contribution in [0.3, 0.4) is 0 Å². The number of thiocarbonyl (C=S) groups is 1. The molecule has 1 rings (SSSR count). The Morgan fingerprint density at radius 1 is 1.30 bits per heavy atom. The van der Waals surface area contributed by atoms with Gasteiger partial charge in [0.05, 0.1) is 17.0 Å². The van der Waals surface area contributed by atoms with Gasteiger partial charge in [-0.1, -0.05) is 56.4 Å². The first kappa shape index (κ1) is 17.1. The number of benzene rings is 1. The standard InChI is InChI=1S/C14H23BN2O2S/c1-10(2)8-13(15(18)19)17-14(20)12(16)9-11-6-4-3-5-7-11/h3-7,10,12-13,18-19H,8-9,16H2,1-2H3,(H,17,20)/t12-,13-/m0/s1. The van der Waals surface area contributed by atoms with Crippen LogP contribution in [0.1, 0.15) is 25.8 Å². The van der Waals surface area contributed by atoms with E-state index < -0.39 is 13.1 Å². The number of hydrogen-bond acceptors (Lipinski definition) is 4. The summed E-state index contributed by atoms with van der Waals surface area (Å²) >= 11 is 5.27. The van der Waals surface area contributed by atoms with Crippen LogP contribution < -0.4 is 11.1 Å². The number of hydrogen-bond donors (Lipinski definition) is 4. The van der Waals surface area contributed by atoms with Crippen molar-refractivity contribution >= 4 is 24.3 Å². The second-order valence-electron chi connectivity index (χ2n) is 5.45. The van der Waals surface area contributed by atoms with E-state index in [1.807, 2.05) is 44.2 Å². The Labute approximate surface area is 126 Å². The Bertz CT molecular complexity index is 415. The summed E-state index contributed by atoms with van der Waals surface area (Å²) in [7, 11) is -1.45. The van der Waals surface area contributed by atoms with E-state index in [4.69, 9.17) is 18.0 Å². The number of nitrogens with two attached hydrogens (primary N) is 1. The maximum atomic E-state index is 9.37. The molecule has 0 saturated carbocycles. The van der Waals surface area contributed by atoms with E-state index in [2.05, 4.69) is 5.32 Å². The SMILES string of the molecule is CC(C)C[C@H](NC(=S)[C@@H](N)Cc1ccccc1)B(O)O. The molecule has 1 aromatic carbocycles. The highest BCUT2D eigenvalue weighted by Gasteiger charge is 2.26. The zero-order chi connectivity index (χ0) is 15.1. The molecule has 0 amide bonds. The van der Waals surface area contributed by atoms with Crippen LogP contribution in [0.25, 0.3) is 0 Å². The zero-order valence-electron chi connectivity index (χ0n) is 12.0. The summed E-state index contributed by atoms with van der Waals surface area (Å²) in [6, 6.07) is 9.52. The van der Waals surface area contributed by atoms with Gasteiger partial charge in [0, 0.05) is 0 Å². The molecule has 0 saturated heterocycles. The Kier molecular flexibility index (Phi) is 7.16. The molecule has 0 unspecified atom stereocenters.